The van der Waals surface area contributed by atoms with E-state index in [-0.39, 0.29) is 21.3 Å². The molecule has 176 valence electrons. The number of benzene rings is 2. The predicted octanol–water partition coefficient (Wildman–Crippen LogP) is 3.43. The second-order valence-corrected chi connectivity index (χ2v) is 11.2. The fraction of sp³-hybridized carbons (Fsp3) is 0.136. The molecule has 0 aliphatic heterocycles. The van der Waals surface area contributed by atoms with Gasteiger partial charge in [0.2, 0.25) is 0 Å². The second kappa shape index (κ2) is 7.99. The Morgan fingerprint density at radius 1 is 1.12 bits per heavy atom. The highest BCUT2D eigenvalue weighted by Gasteiger charge is 2.38. The van der Waals surface area contributed by atoms with Crippen molar-refractivity contribution in [2.45, 2.75) is 23.5 Å². The predicted molar refractivity (Wildman–Crippen MR) is 122 cm³/mol. The van der Waals surface area contributed by atoms with Crippen LogP contribution in [0.5, 0.6) is 0 Å². The molecule has 0 radical (unpaired) electrons. The van der Waals surface area contributed by atoms with Crippen LogP contribution < -0.4 is 11.2 Å². The van der Waals surface area contributed by atoms with Gasteiger partial charge in [-0.25, -0.2) is 31.4 Å². The van der Waals surface area contributed by atoms with E-state index in [4.69, 9.17) is 0 Å². The molecule has 0 saturated carbocycles. The van der Waals surface area contributed by atoms with Gasteiger partial charge in [-0.1, -0.05) is 12.1 Å². The van der Waals surface area contributed by atoms with E-state index < -0.39 is 54.0 Å². The maximum Gasteiger partial charge on any atom is 0.346 e. The van der Waals surface area contributed by atoms with Gasteiger partial charge < -0.3 is 10.1 Å². The van der Waals surface area contributed by atoms with Gasteiger partial charge in [-0.15, -0.1) is 11.3 Å². The van der Waals surface area contributed by atoms with Gasteiger partial charge in [-0.3, -0.25) is 4.79 Å². The molecular weight excluding hydrogens is 490 g/mol. The summed E-state index contributed by atoms with van der Waals surface area (Å²) in [7, 11) is -4.29. The number of rotatable bonds is 5. The van der Waals surface area contributed by atoms with Crippen LogP contribution in [0.3, 0.4) is 0 Å². The number of aromatic amines is 1. The molecule has 0 fully saturated rings. The van der Waals surface area contributed by atoms with Gasteiger partial charge in [0.25, 0.3) is 5.56 Å². The highest BCUT2D eigenvalue weighted by atomic mass is 32.2. The van der Waals surface area contributed by atoms with Crippen LogP contribution in [0.15, 0.2) is 62.3 Å². The van der Waals surface area contributed by atoms with Crippen molar-refractivity contribution in [1.82, 2.24) is 9.55 Å². The van der Waals surface area contributed by atoms with Crippen molar-refractivity contribution in [3.05, 3.63) is 90.8 Å². The fourth-order valence-electron chi connectivity index (χ4n) is 3.56. The first-order valence-corrected chi connectivity index (χ1v) is 12.0. The summed E-state index contributed by atoms with van der Waals surface area (Å²) in [6.45, 7) is 2.69. The Hall–Kier alpha value is -3.64. The maximum atomic E-state index is 14.8. The number of carboxylic acid groups (broad SMARTS) is 1. The molecule has 0 aliphatic rings. The zero-order chi connectivity index (χ0) is 25.0. The first kappa shape index (κ1) is 23.5. The number of carbonyl (C=O) groups is 1. The lowest BCUT2D eigenvalue weighted by Gasteiger charge is -2.26. The van der Waals surface area contributed by atoms with Crippen LogP contribution in [0.2, 0.25) is 0 Å². The molecule has 2 N–H and O–H groups in total. The van der Waals surface area contributed by atoms with E-state index >= 15 is 0 Å². The normalized spacial score (nSPS) is 12.2. The third-order valence-electron chi connectivity index (χ3n) is 5.51. The van der Waals surface area contributed by atoms with Crippen LogP contribution >= 0.6 is 11.3 Å². The summed E-state index contributed by atoms with van der Waals surface area (Å²) in [5.74, 6) is -3.14. The zero-order valence-corrected chi connectivity index (χ0v) is 19.3. The number of carboxylic acids is 1. The average Bonchev–Trinajstić information content (AvgIpc) is 3.19. The number of aromatic nitrogens is 2. The van der Waals surface area contributed by atoms with E-state index in [2.05, 4.69) is 4.98 Å². The third kappa shape index (κ3) is 3.55. The lowest BCUT2D eigenvalue weighted by atomic mass is 10.0. The van der Waals surface area contributed by atoms with Crippen molar-refractivity contribution in [3.63, 3.8) is 0 Å². The Bertz CT molecular complexity index is 1700. The van der Waals surface area contributed by atoms with Gasteiger partial charge in [0.1, 0.15) is 16.5 Å². The van der Waals surface area contributed by atoms with Gasteiger partial charge in [-0.05, 0) is 49.7 Å². The number of nitrogens with zero attached hydrogens (tertiary/aromatic N) is 1. The molecule has 0 unspecified atom stereocenters. The van der Waals surface area contributed by atoms with E-state index in [0.717, 1.165) is 30.3 Å². The Balaban J connectivity index is 1.96. The molecule has 2 heterocycles. The molecule has 2 aromatic carbocycles. The summed E-state index contributed by atoms with van der Waals surface area (Å²) in [6, 6.07) is 7.58. The summed E-state index contributed by atoms with van der Waals surface area (Å²) in [5.41, 5.74) is -2.77. The molecule has 12 heteroatoms. The van der Waals surface area contributed by atoms with E-state index in [1.54, 1.807) is 0 Å². The number of H-pyrrole nitrogens is 1. The molecule has 4 rings (SSSR count). The van der Waals surface area contributed by atoms with Crippen molar-refractivity contribution < 1.29 is 27.1 Å². The molecule has 0 bridgehead atoms. The minimum absolute atomic E-state index is 0.0370. The number of hydrogen-bond acceptors (Lipinski definition) is 6. The molecule has 0 atom stereocenters. The topological polar surface area (TPSA) is 126 Å². The average molecular weight is 507 g/mol. The second-order valence-electron chi connectivity index (χ2n) is 7.87. The molecule has 0 saturated heterocycles. The first-order chi connectivity index (χ1) is 15.9. The number of hydrogen-bond donors (Lipinski definition) is 2. The quantitative estimate of drug-likeness (QED) is 0.400. The summed E-state index contributed by atoms with van der Waals surface area (Å²) < 4.78 is 54.1. The molecule has 0 aliphatic carbocycles. The minimum atomic E-state index is -4.29. The molecule has 34 heavy (non-hydrogen) atoms. The van der Waals surface area contributed by atoms with Crippen LogP contribution in [0.1, 0.15) is 29.1 Å². The van der Waals surface area contributed by atoms with Crippen molar-refractivity contribution in [3.8, 4) is 5.69 Å². The van der Waals surface area contributed by atoms with Gasteiger partial charge in [-0.2, -0.15) is 0 Å². The number of sulfone groups is 1. The molecular formula is C22H16F2N2O6S2. The van der Waals surface area contributed by atoms with Crippen LogP contribution in [0, 0.1) is 11.6 Å². The molecule has 2 aromatic heterocycles. The first-order valence-electron chi connectivity index (χ1n) is 9.66. The van der Waals surface area contributed by atoms with Crippen LogP contribution in [0.25, 0.3) is 16.6 Å². The van der Waals surface area contributed by atoms with Crippen LogP contribution in [0.4, 0.5) is 8.78 Å². The molecule has 0 amide bonds. The summed E-state index contributed by atoms with van der Waals surface area (Å²) in [4.78, 5) is 38.7. The SMILES string of the molecule is CC(C)(c1cccc(F)c1)S(=O)(=O)c1ccc(F)c(-n2c(=O)[nH]c3csc(C(=O)O)c3c2=O)c1. The Kier molecular flexibility index (Phi) is 5.53. The standard InChI is InChI=1S/C22H16F2N2O6S2/c1-22(2,11-4-3-5-12(23)8-11)34(31,32)13-6-7-14(24)16(9-13)26-19(27)17-15(25-21(26)30)10-33-18(17)20(28)29/h3-10H,1-2H3,(H,25,30)(H,28,29). The lowest BCUT2D eigenvalue weighted by Crippen LogP contribution is -2.35. The van der Waals surface area contributed by atoms with Crippen molar-refractivity contribution >= 4 is 38.0 Å². The Morgan fingerprint density at radius 3 is 2.47 bits per heavy atom. The van der Waals surface area contributed by atoms with Gasteiger partial charge in [0.15, 0.2) is 9.84 Å². The molecule has 0 spiro atoms. The number of nitrogens with one attached hydrogen (secondary N) is 1. The highest BCUT2D eigenvalue weighted by molar-refractivity contribution is 7.92. The fourth-order valence-corrected chi connectivity index (χ4v) is 5.93. The number of halogens is 2. The van der Waals surface area contributed by atoms with Crippen molar-refractivity contribution in [1.29, 1.82) is 0 Å². The number of fused-ring (bicyclic) bond motifs is 1. The van der Waals surface area contributed by atoms with Gasteiger partial charge in [0.05, 0.1) is 26.2 Å². The lowest BCUT2D eigenvalue weighted by molar-refractivity contribution is 0.0704. The summed E-state index contributed by atoms with van der Waals surface area (Å²) >= 11 is 0.708. The van der Waals surface area contributed by atoms with E-state index in [0.29, 0.717) is 15.9 Å². The van der Waals surface area contributed by atoms with Crippen LogP contribution in [-0.2, 0) is 14.6 Å². The molecule has 8 nitrogen and oxygen atoms in total. The maximum absolute atomic E-state index is 14.8. The van der Waals surface area contributed by atoms with E-state index in [1.807, 2.05) is 0 Å². The van der Waals surface area contributed by atoms with Crippen LogP contribution in [-0.4, -0.2) is 29.0 Å². The smallest absolute Gasteiger partial charge is 0.346 e. The van der Waals surface area contributed by atoms with Gasteiger partial charge in [0, 0.05) is 5.38 Å². The number of thiophene rings is 1. The summed E-state index contributed by atoms with van der Waals surface area (Å²) in [6.07, 6.45) is 0. The third-order valence-corrected chi connectivity index (χ3v) is 8.93. The highest BCUT2D eigenvalue weighted by Crippen LogP contribution is 2.36. The van der Waals surface area contributed by atoms with Gasteiger partial charge >= 0.3 is 11.7 Å². The largest absolute Gasteiger partial charge is 0.477 e. The van der Waals surface area contributed by atoms with Crippen molar-refractivity contribution in [2.24, 2.45) is 0 Å². The Morgan fingerprint density at radius 2 is 1.82 bits per heavy atom. The monoisotopic (exact) mass is 506 g/mol. The van der Waals surface area contributed by atoms with E-state index in [1.165, 1.54) is 31.4 Å². The summed E-state index contributed by atoms with van der Waals surface area (Å²) in [5, 5.41) is 10.3. The minimum Gasteiger partial charge on any atom is -0.477 e. The molecule has 4 aromatic rings. The van der Waals surface area contributed by atoms with Crippen molar-refractivity contribution in [2.75, 3.05) is 0 Å². The number of aromatic carboxylic acids is 1. The zero-order valence-electron chi connectivity index (χ0n) is 17.6. The Labute approximate surface area is 194 Å². The van der Waals surface area contributed by atoms with E-state index in [9.17, 15) is 36.7 Å².